The third-order valence-corrected chi connectivity index (χ3v) is 3.46. The van der Waals surface area contributed by atoms with Crippen molar-refractivity contribution in [2.24, 2.45) is 5.92 Å². The van der Waals surface area contributed by atoms with Crippen molar-refractivity contribution in [2.45, 2.75) is 45.4 Å². The summed E-state index contributed by atoms with van der Waals surface area (Å²) in [6, 6.07) is 0. The van der Waals surface area contributed by atoms with Crippen LogP contribution in [0.3, 0.4) is 0 Å². The van der Waals surface area contributed by atoms with Gasteiger partial charge in [0.05, 0.1) is 0 Å². The number of hydrogen-bond donors (Lipinski definition) is 2. The van der Waals surface area contributed by atoms with Crippen LogP contribution in [0.5, 0.6) is 0 Å². The van der Waals surface area contributed by atoms with E-state index in [9.17, 15) is 4.79 Å². The zero-order chi connectivity index (χ0) is 11.5. The highest BCUT2D eigenvalue weighted by molar-refractivity contribution is 5.24. The van der Waals surface area contributed by atoms with E-state index < -0.39 is 0 Å². The fourth-order valence-electron chi connectivity index (χ4n) is 2.55. The second-order valence-electron chi connectivity index (χ2n) is 4.72. The average Bonchev–Trinajstić information content (AvgIpc) is 2.25. The van der Waals surface area contributed by atoms with Gasteiger partial charge in [0.15, 0.2) is 0 Å². The van der Waals surface area contributed by atoms with Gasteiger partial charge in [-0.1, -0.05) is 32.1 Å². The summed E-state index contributed by atoms with van der Waals surface area (Å²) in [5.74, 6) is 0.869. The smallest absolute Gasteiger partial charge is 0.255 e. The number of hydrogen-bond acceptors (Lipinski definition) is 3. The number of rotatable bonds is 2. The standard InChI is InChI=1S/C12H19N3O/c1-8-10(11(16)15-12(13)14-8)7-9-5-3-2-4-6-9/h9H,2-7H2,1H3,(H3,13,14,15,16). The second-order valence-corrected chi connectivity index (χ2v) is 4.72. The molecule has 88 valence electrons. The maximum absolute atomic E-state index is 11.8. The van der Waals surface area contributed by atoms with E-state index in [1.807, 2.05) is 6.92 Å². The summed E-state index contributed by atoms with van der Waals surface area (Å²) in [5.41, 5.74) is 7.04. The number of nitrogens with zero attached hydrogens (tertiary/aromatic N) is 1. The maximum Gasteiger partial charge on any atom is 0.255 e. The molecule has 0 atom stereocenters. The van der Waals surface area contributed by atoms with Crippen LogP contribution in [0.4, 0.5) is 5.95 Å². The van der Waals surface area contributed by atoms with Crippen LogP contribution >= 0.6 is 0 Å². The van der Waals surface area contributed by atoms with Crippen molar-refractivity contribution in [1.82, 2.24) is 9.97 Å². The van der Waals surface area contributed by atoms with E-state index >= 15 is 0 Å². The number of nitrogen functional groups attached to an aromatic ring is 1. The molecule has 2 rings (SSSR count). The van der Waals surface area contributed by atoms with Gasteiger partial charge in [-0.3, -0.25) is 9.78 Å². The van der Waals surface area contributed by atoms with Gasteiger partial charge in [0, 0.05) is 11.3 Å². The van der Waals surface area contributed by atoms with Crippen LogP contribution in [0, 0.1) is 12.8 Å². The fraction of sp³-hybridized carbons (Fsp3) is 0.667. The number of aromatic amines is 1. The minimum absolute atomic E-state index is 0.0597. The van der Waals surface area contributed by atoms with Crippen LogP contribution in [-0.4, -0.2) is 9.97 Å². The van der Waals surface area contributed by atoms with Crippen molar-refractivity contribution in [1.29, 1.82) is 0 Å². The van der Waals surface area contributed by atoms with E-state index in [0.29, 0.717) is 5.92 Å². The Hall–Kier alpha value is -1.32. The van der Waals surface area contributed by atoms with Gasteiger partial charge in [-0.2, -0.15) is 0 Å². The number of nitrogens with one attached hydrogen (secondary N) is 1. The molecule has 1 aliphatic rings. The van der Waals surface area contributed by atoms with Crippen LogP contribution in [0.1, 0.15) is 43.4 Å². The number of nitrogens with two attached hydrogens (primary N) is 1. The summed E-state index contributed by atoms with van der Waals surface area (Å²) in [7, 11) is 0. The lowest BCUT2D eigenvalue weighted by atomic mass is 9.85. The van der Waals surface area contributed by atoms with E-state index in [0.717, 1.165) is 17.7 Å². The van der Waals surface area contributed by atoms with Crippen molar-refractivity contribution in [3.05, 3.63) is 21.6 Å². The molecule has 0 saturated heterocycles. The van der Waals surface area contributed by atoms with Gasteiger partial charge in [0.1, 0.15) is 0 Å². The van der Waals surface area contributed by atoms with Crippen molar-refractivity contribution >= 4 is 5.95 Å². The molecular weight excluding hydrogens is 202 g/mol. The molecule has 1 aliphatic carbocycles. The third kappa shape index (κ3) is 2.43. The maximum atomic E-state index is 11.8. The van der Waals surface area contributed by atoms with E-state index in [1.165, 1.54) is 32.1 Å². The topological polar surface area (TPSA) is 71.8 Å². The molecule has 0 radical (unpaired) electrons. The van der Waals surface area contributed by atoms with Gasteiger partial charge in [0.2, 0.25) is 5.95 Å². The number of anilines is 1. The SMILES string of the molecule is Cc1nc(N)[nH]c(=O)c1CC1CCCCC1. The summed E-state index contributed by atoms with van der Waals surface area (Å²) in [5, 5.41) is 0. The molecular formula is C12H19N3O. The Kier molecular flexibility index (Phi) is 3.27. The summed E-state index contributed by atoms with van der Waals surface area (Å²) < 4.78 is 0. The fourth-order valence-corrected chi connectivity index (χ4v) is 2.55. The summed E-state index contributed by atoms with van der Waals surface area (Å²) >= 11 is 0. The number of H-pyrrole nitrogens is 1. The lowest BCUT2D eigenvalue weighted by molar-refractivity contribution is 0.355. The van der Waals surface area contributed by atoms with Crippen molar-refractivity contribution in [3.63, 3.8) is 0 Å². The van der Waals surface area contributed by atoms with Crippen LogP contribution in [0.2, 0.25) is 0 Å². The Morgan fingerprint density at radius 1 is 1.38 bits per heavy atom. The Morgan fingerprint density at radius 3 is 2.69 bits per heavy atom. The van der Waals surface area contributed by atoms with Crippen LogP contribution < -0.4 is 11.3 Å². The zero-order valence-corrected chi connectivity index (χ0v) is 9.75. The lowest BCUT2D eigenvalue weighted by Crippen LogP contribution is -2.22. The first-order valence-electron chi connectivity index (χ1n) is 6.02. The highest BCUT2D eigenvalue weighted by Gasteiger charge is 2.17. The monoisotopic (exact) mass is 221 g/mol. The average molecular weight is 221 g/mol. The van der Waals surface area contributed by atoms with Gasteiger partial charge in [-0.05, 0) is 19.3 Å². The molecule has 16 heavy (non-hydrogen) atoms. The molecule has 0 spiro atoms. The Labute approximate surface area is 95.3 Å². The summed E-state index contributed by atoms with van der Waals surface area (Å²) in [6.07, 6.45) is 7.26. The van der Waals surface area contributed by atoms with Crippen LogP contribution in [-0.2, 0) is 6.42 Å². The van der Waals surface area contributed by atoms with Gasteiger partial charge >= 0.3 is 0 Å². The first kappa shape index (κ1) is 11.2. The van der Waals surface area contributed by atoms with Crippen LogP contribution in [0.25, 0.3) is 0 Å². The first-order chi connectivity index (χ1) is 7.66. The van der Waals surface area contributed by atoms with E-state index in [1.54, 1.807) is 0 Å². The molecule has 4 nitrogen and oxygen atoms in total. The molecule has 0 aliphatic heterocycles. The molecule has 0 amide bonds. The molecule has 0 aromatic carbocycles. The molecule has 1 fully saturated rings. The summed E-state index contributed by atoms with van der Waals surface area (Å²) in [4.78, 5) is 18.5. The second kappa shape index (κ2) is 4.68. The van der Waals surface area contributed by atoms with Crippen molar-refractivity contribution < 1.29 is 0 Å². The van der Waals surface area contributed by atoms with E-state index in [-0.39, 0.29) is 11.5 Å². The van der Waals surface area contributed by atoms with E-state index in [2.05, 4.69) is 9.97 Å². The normalized spacial score (nSPS) is 17.6. The molecule has 0 unspecified atom stereocenters. The number of aromatic nitrogens is 2. The van der Waals surface area contributed by atoms with Gasteiger partial charge < -0.3 is 5.73 Å². The predicted molar refractivity (Wildman–Crippen MR) is 64.3 cm³/mol. The quantitative estimate of drug-likeness (QED) is 0.799. The summed E-state index contributed by atoms with van der Waals surface area (Å²) in [6.45, 7) is 1.86. The molecule has 3 N–H and O–H groups in total. The first-order valence-corrected chi connectivity index (χ1v) is 6.02. The van der Waals surface area contributed by atoms with Gasteiger partial charge in [-0.25, -0.2) is 4.98 Å². The third-order valence-electron chi connectivity index (χ3n) is 3.46. The predicted octanol–water partition coefficient (Wildman–Crippen LogP) is 1.78. The molecule has 1 aromatic rings. The molecule has 1 heterocycles. The highest BCUT2D eigenvalue weighted by Crippen LogP contribution is 2.26. The Balaban J connectivity index is 2.17. The van der Waals surface area contributed by atoms with Crippen LogP contribution in [0.15, 0.2) is 4.79 Å². The minimum atomic E-state index is -0.0597. The minimum Gasteiger partial charge on any atom is -0.369 e. The Bertz CT molecular complexity index is 419. The molecule has 1 aromatic heterocycles. The van der Waals surface area contributed by atoms with E-state index in [4.69, 9.17) is 5.73 Å². The highest BCUT2D eigenvalue weighted by atomic mass is 16.1. The molecule has 4 heteroatoms. The zero-order valence-electron chi connectivity index (χ0n) is 9.75. The van der Waals surface area contributed by atoms with Gasteiger partial charge in [0.25, 0.3) is 5.56 Å². The number of aryl methyl sites for hydroxylation is 1. The Morgan fingerprint density at radius 2 is 2.06 bits per heavy atom. The molecule has 1 saturated carbocycles. The van der Waals surface area contributed by atoms with Crippen molar-refractivity contribution in [3.8, 4) is 0 Å². The van der Waals surface area contributed by atoms with Gasteiger partial charge in [-0.15, -0.1) is 0 Å². The lowest BCUT2D eigenvalue weighted by Gasteiger charge is -2.21. The largest absolute Gasteiger partial charge is 0.369 e. The van der Waals surface area contributed by atoms with Crippen molar-refractivity contribution in [2.75, 3.05) is 5.73 Å². The molecule has 0 bridgehead atoms.